The number of hydrogen-bond acceptors (Lipinski definition) is 4. The number of carbonyl (C=O) groups is 1. The number of rotatable bonds is 5. The summed E-state index contributed by atoms with van der Waals surface area (Å²) in [5, 5.41) is 2.95. The number of piperidine rings is 2. The van der Waals surface area contributed by atoms with Crippen molar-refractivity contribution in [1.29, 1.82) is 0 Å². The average molecular weight is 380 g/mol. The molecule has 0 radical (unpaired) electrons. The molecule has 0 aromatic heterocycles. The van der Waals surface area contributed by atoms with Gasteiger partial charge in [-0.2, -0.15) is 0 Å². The highest BCUT2D eigenvalue weighted by atomic mass is 32.2. The lowest BCUT2D eigenvalue weighted by Gasteiger charge is -2.31. The molecule has 0 bridgehead atoms. The van der Waals surface area contributed by atoms with E-state index in [-0.39, 0.29) is 24.1 Å². The number of nitrogens with one attached hydrogen (secondary N) is 1. The Morgan fingerprint density at radius 3 is 2.42 bits per heavy atom. The van der Waals surface area contributed by atoms with Gasteiger partial charge in [0.2, 0.25) is 15.9 Å². The summed E-state index contributed by atoms with van der Waals surface area (Å²) in [7, 11) is -3.23. The summed E-state index contributed by atoms with van der Waals surface area (Å²) in [5.41, 5.74) is 1.96. The second-order valence-corrected chi connectivity index (χ2v) is 9.44. The summed E-state index contributed by atoms with van der Waals surface area (Å²) < 4.78 is 25.6. The molecular weight excluding hydrogens is 350 g/mol. The second-order valence-electron chi connectivity index (χ2n) is 7.18. The molecule has 6 nitrogen and oxygen atoms in total. The third-order valence-electron chi connectivity index (χ3n) is 5.37. The number of benzene rings is 1. The lowest BCUT2D eigenvalue weighted by Crippen LogP contribution is -2.44. The van der Waals surface area contributed by atoms with Crippen LogP contribution in [0.2, 0.25) is 0 Å². The van der Waals surface area contributed by atoms with Gasteiger partial charge in [-0.3, -0.25) is 4.79 Å². The van der Waals surface area contributed by atoms with Crippen molar-refractivity contribution in [3.63, 3.8) is 0 Å². The van der Waals surface area contributed by atoms with Crippen molar-refractivity contribution in [2.45, 2.75) is 39.0 Å². The van der Waals surface area contributed by atoms with E-state index in [1.54, 1.807) is 6.92 Å². The molecule has 3 rings (SSSR count). The average Bonchev–Trinajstić information content (AvgIpc) is 2.69. The maximum atomic E-state index is 12.6. The Morgan fingerprint density at radius 2 is 1.77 bits per heavy atom. The van der Waals surface area contributed by atoms with Crippen LogP contribution in [0.25, 0.3) is 0 Å². The van der Waals surface area contributed by atoms with Gasteiger partial charge in [0.25, 0.3) is 0 Å². The van der Waals surface area contributed by atoms with Crippen LogP contribution in [0.1, 0.15) is 39.0 Å². The third-order valence-corrected chi connectivity index (χ3v) is 7.22. The van der Waals surface area contributed by atoms with Crippen molar-refractivity contribution < 1.29 is 13.2 Å². The minimum Gasteiger partial charge on any atom is -0.372 e. The molecule has 26 heavy (non-hydrogen) atoms. The molecule has 1 aromatic rings. The molecule has 1 amide bonds. The first-order valence-corrected chi connectivity index (χ1v) is 11.2. The van der Waals surface area contributed by atoms with Gasteiger partial charge in [0.05, 0.1) is 11.7 Å². The van der Waals surface area contributed by atoms with Gasteiger partial charge < -0.3 is 10.2 Å². The van der Waals surface area contributed by atoms with E-state index in [9.17, 15) is 13.2 Å². The van der Waals surface area contributed by atoms with Crippen LogP contribution in [0.15, 0.2) is 24.3 Å². The quantitative estimate of drug-likeness (QED) is 0.854. The summed E-state index contributed by atoms with van der Waals surface area (Å²) in [6, 6.07) is 7.97. The molecule has 144 valence electrons. The van der Waals surface area contributed by atoms with Gasteiger partial charge >= 0.3 is 0 Å². The van der Waals surface area contributed by atoms with Gasteiger partial charge in [-0.25, -0.2) is 12.7 Å². The van der Waals surface area contributed by atoms with E-state index in [1.807, 2.05) is 12.1 Å². The molecule has 2 aliphatic rings. The Morgan fingerprint density at radius 1 is 1.08 bits per heavy atom. The molecule has 2 heterocycles. The number of carbonyl (C=O) groups excluding carboxylic acids is 1. The Balaban J connectivity index is 1.59. The maximum absolute atomic E-state index is 12.6. The smallest absolute Gasteiger partial charge is 0.228 e. The van der Waals surface area contributed by atoms with Crippen LogP contribution in [0.4, 0.5) is 11.4 Å². The minimum atomic E-state index is -3.23. The Kier molecular flexibility index (Phi) is 6.19. The summed E-state index contributed by atoms with van der Waals surface area (Å²) in [4.78, 5) is 15.0. The lowest BCUT2D eigenvalue weighted by molar-refractivity contribution is -0.120. The topological polar surface area (TPSA) is 69.7 Å². The molecule has 0 aliphatic carbocycles. The van der Waals surface area contributed by atoms with Gasteiger partial charge in [-0.05, 0) is 63.3 Å². The van der Waals surface area contributed by atoms with Gasteiger partial charge in [-0.15, -0.1) is 0 Å². The van der Waals surface area contributed by atoms with E-state index in [2.05, 4.69) is 22.3 Å². The van der Waals surface area contributed by atoms with Crippen molar-refractivity contribution in [2.24, 2.45) is 5.92 Å². The third kappa shape index (κ3) is 4.57. The van der Waals surface area contributed by atoms with Crippen molar-refractivity contribution in [3.8, 4) is 0 Å². The zero-order chi connectivity index (χ0) is 18.6. The van der Waals surface area contributed by atoms with Gasteiger partial charge in [0, 0.05) is 37.6 Å². The normalized spacial score (nSPS) is 22.2. The highest BCUT2D eigenvalue weighted by Crippen LogP contribution is 2.24. The van der Waals surface area contributed by atoms with Crippen LogP contribution in [-0.2, 0) is 14.8 Å². The standard InChI is InChI=1S/C19H29N3O3S/c1-2-26(24,25)22-14-6-7-16(15-22)19(23)20-17-8-10-18(11-9-17)21-12-4-3-5-13-21/h8-11,16H,2-7,12-15H2,1H3,(H,20,23). The van der Waals surface area contributed by atoms with E-state index in [4.69, 9.17) is 0 Å². The molecule has 1 N–H and O–H groups in total. The van der Waals surface area contributed by atoms with Crippen LogP contribution >= 0.6 is 0 Å². The van der Waals surface area contributed by atoms with Crippen molar-refractivity contribution in [3.05, 3.63) is 24.3 Å². The highest BCUT2D eigenvalue weighted by Gasteiger charge is 2.31. The molecular formula is C19H29N3O3S. The van der Waals surface area contributed by atoms with Gasteiger partial charge in [-0.1, -0.05) is 0 Å². The Hall–Kier alpha value is -1.60. The molecule has 2 fully saturated rings. The number of nitrogens with zero attached hydrogens (tertiary/aromatic N) is 2. The highest BCUT2D eigenvalue weighted by molar-refractivity contribution is 7.89. The van der Waals surface area contributed by atoms with Gasteiger partial charge in [0.15, 0.2) is 0 Å². The van der Waals surface area contributed by atoms with E-state index >= 15 is 0 Å². The Bertz CT molecular complexity index is 712. The summed E-state index contributed by atoms with van der Waals surface area (Å²) >= 11 is 0. The molecule has 0 saturated carbocycles. The molecule has 7 heteroatoms. The van der Waals surface area contributed by atoms with Crippen LogP contribution < -0.4 is 10.2 Å². The van der Waals surface area contributed by atoms with Crippen LogP contribution in [-0.4, -0.2) is 50.6 Å². The fourth-order valence-corrected chi connectivity index (χ4v) is 4.92. The van der Waals surface area contributed by atoms with Crippen molar-refractivity contribution >= 4 is 27.3 Å². The summed E-state index contributed by atoms with van der Waals surface area (Å²) in [5.74, 6) is -0.294. The van der Waals surface area contributed by atoms with Gasteiger partial charge in [0.1, 0.15) is 0 Å². The first-order chi connectivity index (χ1) is 12.5. The molecule has 1 atom stereocenters. The van der Waals surface area contributed by atoms with Crippen LogP contribution in [0.5, 0.6) is 0 Å². The predicted octanol–water partition coefficient (Wildman–Crippen LogP) is 2.68. The number of sulfonamides is 1. The van der Waals surface area contributed by atoms with Crippen LogP contribution in [0.3, 0.4) is 0 Å². The summed E-state index contributed by atoms with van der Waals surface area (Å²) in [6.45, 7) is 4.63. The minimum absolute atomic E-state index is 0.0826. The zero-order valence-electron chi connectivity index (χ0n) is 15.5. The van der Waals surface area contributed by atoms with Crippen molar-refractivity contribution in [1.82, 2.24) is 4.31 Å². The maximum Gasteiger partial charge on any atom is 0.228 e. The first kappa shape index (κ1) is 19.2. The fourth-order valence-electron chi connectivity index (χ4n) is 3.74. The predicted molar refractivity (Wildman–Crippen MR) is 105 cm³/mol. The lowest BCUT2D eigenvalue weighted by atomic mass is 9.98. The molecule has 0 spiro atoms. The monoisotopic (exact) mass is 379 g/mol. The summed E-state index contributed by atoms with van der Waals surface area (Å²) in [6.07, 6.45) is 5.23. The van der Waals surface area contributed by atoms with Crippen molar-refractivity contribution in [2.75, 3.05) is 42.1 Å². The first-order valence-electron chi connectivity index (χ1n) is 9.63. The van der Waals surface area contributed by atoms with E-state index < -0.39 is 10.0 Å². The Labute approximate surface area is 156 Å². The molecule has 2 aliphatic heterocycles. The van der Waals surface area contributed by atoms with E-state index in [0.717, 1.165) is 31.6 Å². The van der Waals surface area contributed by atoms with E-state index in [0.29, 0.717) is 6.54 Å². The SMILES string of the molecule is CCS(=O)(=O)N1CCCC(C(=O)Nc2ccc(N3CCCCC3)cc2)C1. The second kappa shape index (κ2) is 8.39. The number of anilines is 2. The number of amides is 1. The van der Waals surface area contributed by atoms with E-state index in [1.165, 1.54) is 29.3 Å². The molecule has 1 aromatic carbocycles. The molecule has 2 saturated heterocycles. The van der Waals surface area contributed by atoms with Crippen LogP contribution in [0, 0.1) is 5.92 Å². The largest absolute Gasteiger partial charge is 0.372 e. The molecule has 1 unspecified atom stereocenters. The number of hydrogen-bond donors (Lipinski definition) is 1. The zero-order valence-corrected chi connectivity index (χ0v) is 16.3. The fraction of sp³-hybridized carbons (Fsp3) is 0.632.